The minimum absolute atomic E-state index is 0.444. The Labute approximate surface area is 91.5 Å². The second kappa shape index (κ2) is 7.85. The molecule has 1 N–H and O–H groups in total. The average molecular weight is 209 g/mol. The van der Waals surface area contributed by atoms with Gasteiger partial charge in [-0.25, -0.2) is 4.79 Å². The van der Waals surface area contributed by atoms with E-state index >= 15 is 0 Å². The van der Waals surface area contributed by atoms with E-state index in [1.165, 1.54) is 13.5 Å². The SMILES string of the molecule is CCC.CNC(=O)Oc1cccc(C)c1. The Bertz CT molecular complexity index is 297. The minimum atomic E-state index is -0.444. The van der Waals surface area contributed by atoms with E-state index in [1.54, 1.807) is 12.1 Å². The summed E-state index contributed by atoms with van der Waals surface area (Å²) in [5, 5.41) is 2.37. The van der Waals surface area contributed by atoms with Crippen molar-refractivity contribution in [1.29, 1.82) is 0 Å². The van der Waals surface area contributed by atoms with Gasteiger partial charge in [-0.1, -0.05) is 32.4 Å². The molecule has 0 atom stereocenters. The van der Waals surface area contributed by atoms with E-state index in [-0.39, 0.29) is 0 Å². The van der Waals surface area contributed by atoms with Crippen molar-refractivity contribution >= 4 is 6.09 Å². The molecule has 0 fully saturated rings. The first-order valence-electron chi connectivity index (χ1n) is 5.10. The number of aryl methyl sites for hydroxylation is 1. The number of hydrogen-bond acceptors (Lipinski definition) is 2. The number of carbonyl (C=O) groups excluding carboxylic acids is 1. The van der Waals surface area contributed by atoms with Crippen molar-refractivity contribution in [2.75, 3.05) is 7.05 Å². The van der Waals surface area contributed by atoms with E-state index in [1.807, 2.05) is 19.1 Å². The Morgan fingerprint density at radius 3 is 2.47 bits per heavy atom. The number of rotatable bonds is 1. The summed E-state index contributed by atoms with van der Waals surface area (Å²) in [6.45, 7) is 6.19. The van der Waals surface area contributed by atoms with Crippen LogP contribution in [0.25, 0.3) is 0 Å². The number of hydrogen-bond donors (Lipinski definition) is 1. The number of carbonyl (C=O) groups is 1. The van der Waals surface area contributed by atoms with Crippen molar-refractivity contribution in [3.05, 3.63) is 29.8 Å². The van der Waals surface area contributed by atoms with E-state index < -0.39 is 6.09 Å². The van der Waals surface area contributed by atoms with Gasteiger partial charge in [-0.3, -0.25) is 0 Å². The maximum Gasteiger partial charge on any atom is 0.412 e. The Balaban J connectivity index is 0.000000583. The lowest BCUT2D eigenvalue weighted by molar-refractivity contribution is 0.203. The van der Waals surface area contributed by atoms with Crippen LogP contribution >= 0.6 is 0 Å². The summed E-state index contributed by atoms with van der Waals surface area (Å²) in [5.74, 6) is 0.564. The number of amides is 1. The van der Waals surface area contributed by atoms with Crippen LogP contribution in [0.15, 0.2) is 24.3 Å². The molecule has 0 aromatic heterocycles. The molecule has 0 spiro atoms. The first-order valence-corrected chi connectivity index (χ1v) is 5.10. The molecule has 1 aromatic carbocycles. The highest BCUT2D eigenvalue weighted by Crippen LogP contribution is 2.11. The Morgan fingerprint density at radius 1 is 1.40 bits per heavy atom. The van der Waals surface area contributed by atoms with Crippen LogP contribution in [0.2, 0.25) is 0 Å². The molecule has 1 aromatic rings. The van der Waals surface area contributed by atoms with Gasteiger partial charge < -0.3 is 10.1 Å². The van der Waals surface area contributed by atoms with E-state index in [2.05, 4.69) is 19.2 Å². The lowest BCUT2D eigenvalue weighted by Gasteiger charge is -2.02. The third kappa shape index (κ3) is 6.55. The number of nitrogens with one attached hydrogen (secondary N) is 1. The third-order valence-corrected chi connectivity index (χ3v) is 1.40. The van der Waals surface area contributed by atoms with Crippen LogP contribution in [-0.4, -0.2) is 13.1 Å². The molecule has 15 heavy (non-hydrogen) atoms. The summed E-state index contributed by atoms with van der Waals surface area (Å²) in [5.41, 5.74) is 1.07. The highest BCUT2D eigenvalue weighted by molar-refractivity contribution is 5.69. The van der Waals surface area contributed by atoms with Crippen molar-refractivity contribution in [2.24, 2.45) is 0 Å². The van der Waals surface area contributed by atoms with Crippen molar-refractivity contribution < 1.29 is 9.53 Å². The number of ether oxygens (including phenoxy) is 1. The molecule has 0 aliphatic rings. The molecule has 0 saturated carbocycles. The molecule has 0 radical (unpaired) electrons. The van der Waals surface area contributed by atoms with Crippen molar-refractivity contribution in [3.63, 3.8) is 0 Å². The molecule has 0 aliphatic heterocycles. The second-order valence-corrected chi connectivity index (χ2v) is 3.16. The van der Waals surface area contributed by atoms with Gasteiger partial charge in [-0.05, 0) is 24.6 Å². The van der Waals surface area contributed by atoms with Gasteiger partial charge in [-0.2, -0.15) is 0 Å². The molecule has 0 heterocycles. The fourth-order valence-electron chi connectivity index (χ4n) is 0.837. The lowest BCUT2D eigenvalue weighted by atomic mass is 10.2. The van der Waals surface area contributed by atoms with Crippen LogP contribution in [0.5, 0.6) is 5.75 Å². The molecule has 0 aliphatic carbocycles. The topological polar surface area (TPSA) is 38.3 Å². The van der Waals surface area contributed by atoms with E-state index in [0.29, 0.717) is 5.75 Å². The average Bonchev–Trinajstić information content (AvgIpc) is 2.19. The fourth-order valence-corrected chi connectivity index (χ4v) is 0.837. The highest BCUT2D eigenvalue weighted by atomic mass is 16.5. The van der Waals surface area contributed by atoms with Gasteiger partial charge in [0.15, 0.2) is 0 Å². The normalized spacial score (nSPS) is 8.53. The maximum atomic E-state index is 10.8. The lowest BCUT2D eigenvalue weighted by Crippen LogP contribution is -2.21. The van der Waals surface area contributed by atoms with Gasteiger partial charge in [0.05, 0.1) is 0 Å². The zero-order valence-corrected chi connectivity index (χ0v) is 9.83. The third-order valence-electron chi connectivity index (χ3n) is 1.40. The molecular weight excluding hydrogens is 190 g/mol. The van der Waals surface area contributed by atoms with Crippen molar-refractivity contribution in [1.82, 2.24) is 5.32 Å². The van der Waals surface area contributed by atoms with Crippen LogP contribution < -0.4 is 10.1 Å². The monoisotopic (exact) mass is 209 g/mol. The predicted octanol–water partition coefficient (Wildman–Crippen LogP) is 3.13. The zero-order chi connectivity index (χ0) is 11.7. The van der Waals surface area contributed by atoms with Gasteiger partial charge in [0.25, 0.3) is 0 Å². The summed E-state index contributed by atoms with van der Waals surface area (Å²) < 4.78 is 4.89. The molecule has 84 valence electrons. The fraction of sp³-hybridized carbons (Fsp3) is 0.417. The molecule has 0 unspecified atom stereocenters. The van der Waals surface area contributed by atoms with Crippen LogP contribution in [-0.2, 0) is 0 Å². The van der Waals surface area contributed by atoms with Gasteiger partial charge in [0.2, 0.25) is 0 Å². The summed E-state index contributed by atoms with van der Waals surface area (Å²) in [6.07, 6.45) is 0.806. The maximum absolute atomic E-state index is 10.8. The molecule has 0 bridgehead atoms. The predicted molar refractivity (Wildman–Crippen MR) is 62.2 cm³/mol. The number of benzene rings is 1. The van der Waals surface area contributed by atoms with Crippen LogP contribution in [0.3, 0.4) is 0 Å². The largest absolute Gasteiger partial charge is 0.412 e. The minimum Gasteiger partial charge on any atom is -0.410 e. The summed E-state index contributed by atoms with van der Waals surface area (Å²) in [7, 11) is 1.53. The first-order chi connectivity index (χ1) is 7.13. The second-order valence-electron chi connectivity index (χ2n) is 3.16. The van der Waals surface area contributed by atoms with Crippen molar-refractivity contribution in [3.8, 4) is 5.75 Å². The summed E-state index contributed by atoms with van der Waals surface area (Å²) >= 11 is 0. The van der Waals surface area contributed by atoms with Crippen LogP contribution in [0, 0.1) is 6.92 Å². The smallest absolute Gasteiger partial charge is 0.410 e. The summed E-state index contributed by atoms with van der Waals surface area (Å²) in [4.78, 5) is 10.8. The van der Waals surface area contributed by atoms with Crippen LogP contribution in [0.1, 0.15) is 25.8 Å². The Morgan fingerprint density at radius 2 is 2.00 bits per heavy atom. The quantitative estimate of drug-likeness (QED) is 0.771. The highest BCUT2D eigenvalue weighted by Gasteiger charge is 1.99. The van der Waals surface area contributed by atoms with E-state index in [0.717, 1.165) is 5.56 Å². The Hall–Kier alpha value is -1.51. The molecule has 1 amide bonds. The van der Waals surface area contributed by atoms with Crippen LogP contribution in [0.4, 0.5) is 4.79 Å². The summed E-state index contributed by atoms with van der Waals surface area (Å²) in [6, 6.07) is 7.32. The van der Waals surface area contributed by atoms with Gasteiger partial charge >= 0.3 is 6.09 Å². The van der Waals surface area contributed by atoms with E-state index in [9.17, 15) is 4.79 Å². The Kier molecular flexibility index (Phi) is 7.06. The standard InChI is InChI=1S/C9H11NO2.C3H8/c1-7-4-3-5-8(6-7)12-9(11)10-2;1-3-2/h3-6H,1-2H3,(H,10,11);3H2,1-2H3. The molecule has 3 nitrogen and oxygen atoms in total. The molecular formula is C12H19NO2. The van der Waals surface area contributed by atoms with Gasteiger partial charge in [-0.15, -0.1) is 0 Å². The van der Waals surface area contributed by atoms with E-state index in [4.69, 9.17) is 4.74 Å². The molecule has 0 saturated heterocycles. The zero-order valence-electron chi connectivity index (χ0n) is 9.83. The van der Waals surface area contributed by atoms with Gasteiger partial charge in [0, 0.05) is 7.05 Å². The van der Waals surface area contributed by atoms with Gasteiger partial charge in [0.1, 0.15) is 5.75 Å². The molecule has 3 heteroatoms. The van der Waals surface area contributed by atoms with Crippen molar-refractivity contribution in [2.45, 2.75) is 27.2 Å². The molecule has 1 rings (SSSR count). The first kappa shape index (κ1) is 13.5.